The number of carbonyl (C=O) groups excluding carboxylic acids is 2. The zero-order chi connectivity index (χ0) is 26.2. The molecule has 10 heteroatoms. The Morgan fingerprint density at radius 2 is 1.64 bits per heavy atom. The van der Waals surface area contributed by atoms with Gasteiger partial charge in [0.25, 0.3) is 21.6 Å². The van der Waals surface area contributed by atoms with Gasteiger partial charge in [0.15, 0.2) is 5.78 Å². The first-order valence-electron chi connectivity index (χ1n) is 11.0. The number of sulfonamides is 1. The molecule has 0 spiro atoms. The molecule has 0 radical (unpaired) electrons. The number of hydrogen-bond donors (Lipinski definition) is 0. The van der Waals surface area contributed by atoms with E-state index in [0.717, 1.165) is 17.7 Å². The van der Waals surface area contributed by atoms with Crippen LogP contribution in [0.5, 0.6) is 0 Å². The van der Waals surface area contributed by atoms with Gasteiger partial charge >= 0.3 is 0 Å². The minimum absolute atomic E-state index is 0.00581. The van der Waals surface area contributed by atoms with Gasteiger partial charge in [-0.15, -0.1) is 0 Å². The number of furan rings is 1. The van der Waals surface area contributed by atoms with Crippen molar-refractivity contribution in [3.8, 4) is 0 Å². The first-order chi connectivity index (χ1) is 17.0. The summed E-state index contributed by atoms with van der Waals surface area (Å²) in [6, 6.07) is 15.2. The molecule has 0 aliphatic rings. The molecule has 0 aliphatic carbocycles. The lowest BCUT2D eigenvalue weighted by Gasteiger charge is -2.23. The van der Waals surface area contributed by atoms with Crippen LogP contribution in [0.15, 0.2) is 76.0 Å². The van der Waals surface area contributed by atoms with Gasteiger partial charge < -0.3 is 4.42 Å². The van der Waals surface area contributed by atoms with E-state index in [9.17, 15) is 28.1 Å². The molecule has 0 bridgehead atoms. The smallest absolute Gasteiger partial charge is 0.272 e. The maximum Gasteiger partial charge on any atom is 0.272 e. The molecule has 0 unspecified atom stereocenters. The summed E-state index contributed by atoms with van der Waals surface area (Å²) in [4.78, 5) is 36.2. The molecule has 0 fully saturated rings. The highest BCUT2D eigenvalue weighted by atomic mass is 32.2. The van der Waals surface area contributed by atoms with Gasteiger partial charge in [0, 0.05) is 23.1 Å². The lowest BCUT2D eigenvalue weighted by atomic mass is 10.1. The van der Waals surface area contributed by atoms with E-state index < -0.39 is 20.9 Å². The molecule has 1 aromatic heterocycles. The van der Waals surface area contributed by atoms with Crippen molar-refractivity contribution in [1.82, 2.24) is 0 Å². The summed E-state index contributed by atoms with van der Waals surface area (Å²) in [6.45, 7) is 4.93. The highest BCUT2D eigenvalue weighted by Crippen LogP contribution is 2.33. The molecule has 4 rings (SSSR count). The molecule has 0 saturated carbocycles. The fourth-order valence-electron chi connectivity index (χ4n) is 3.98. The third-order valence-electron chi connectivity index (χ3n) is 5.81. The van der Waals surface area contributed by atoms with Crippen LogP contribution in [0.25, 0.3) is 11.0 Å². The lowest BCUT2D eigenvalue weighted by Crippen LogP contribution is -2.37. The van der Waals surface area contributed by atoms with Crippen molar-refractivity contribution in [2.75, 3.05) is 4.31 Å². The predicted octanol–water partition coefficient (Wildman–Crippen LogP) is 5.45. The number of hydrogen-bond acceptors (Lipinski definition) is 7. The molecule has 36 heavy (non-hydrogen) atoms. The summed E-state index contributed by atoms with van der Waals surface area (Å²) in [6.07, 6.45) is 0.704. The van der Waals surface area contributed by atoms with E-state index in [4.69, 9.17) is 4.42 Å². The fraction of sp³-hybridized carbons (Fsp3) is 0.154. The summed E-state index contributed by atoms with van der Waals surface area (Å²) in [7, 11) is -4.41. The van der Waals surface area contributed by atoms with Crippen molar-refractivity contribution in [3.63, 3.8) is 0 Å². The number of ketones is 1. The molecular weight excluding hydrogens is 484 g/mol. The topological polar surface area (TPSA) is 128 Å². The standard InChI is InChI=1S/C26H22N2O7S/c1-4-18-5-12-22(13-6-18)36(33,34)27(26(30)19-7-9-20(10-8-19)28(31)32)21-11-14-24-23(15-21)25(16(2)29)17(3)35-24/h5-15H,4H2,1-3H3. The molecule has 0 saturated heterocycles. The summed E-state index contributed by atoms with van der Waals surface area (Å²) < 4.78 is 33.9. The van der Waals surface area contributed by atoms with Crippen LogP contribution in [0.2, 0.25) is 0 Å². The summed E-state index contributed by atoms with van der Waals surface area (Å²) in [5, 5.41) is 11.4. The van der Waals surface area contributed by atoms with Gasteiger partial charge in [-0.1, -0.05) is 19.1 Å². The molecule has 0 N–H and O–H groups in total. The van der Waals surface area contributed by atoms with Crippen LogP contribution >= 0.6 is 0 Å². The van der Waals surface area contributed by atoms with Crippen molar-refractivity contribution in [3.05, 3.63) is 99.3 Å². The molecular formula is C26H22N2O7S. The second kappa shape index (κ2) is 9.38. The average molecular weight is 507 g/mol. The second-order valence-corrected chi connectivity index (χ2v) is 9.93. The summed E-state index contributed by atoms with van der Waals surface area (Å²) >= 11 is 0. The Kier molecular flexibility index (Phi) is 6.47. The molecule has 9 nitrogen and oxygen atoms in total. The quantitative estimate of drug-likeness (QED) is 0.185. The molecule has 3 aromatic carbocycles. The van der Waals surface area contributed by atoms with E-state index in [1.54, 1.807) is 19.1 Å². The van der Waals surface area contributed by atoms with Gasteiger partial charge in [0.05, 0.1) is 21.1 Å². The zero-order valence-electron chi connectivity index (χ0n) is 19.7. The Balaban J connectivity index is 1.92. The van der Waals surface area contributed by atoms with Crippen molar-refractivity contribution < 1.29 is 27.3 Å². The van der Waals surface area contributed by atoms with Gasteiger partial charge in [-0.05, 0) is 68.3 Å². The molecule has 1 heterocycles. The minimum atomic E-state index is -4.41. The number of non-ortho nitro benzene ring substituents is 1. The Labute approximate surface area is 207 Å². The van der Waals surface area contributed by atoms with E-state index in [1.165, 1.54) is 49.4 Å². The van der Waals surface area contributed by atoms with Crippen molar-refractivity contribution >= 4 is 44.1 Å². The monoisotopic (exact) mass is 506 g/mol. The highest BCUT2D eigenvalue weighted by molar-refractivity contribution is 7.93. The van der Waals surface area contributed by atoms with E-state index in [0.29, 0.717) is 33.0 Å². The summed E-state index contributed by atoms with van der Waals surface area (Å²) in [5.74, 6) is -0.802. The van der Waals surface area contributed by atoms with Gasteiger partial charge in [0.1, 0.15) is 11.3 Å². The van der Waals surface area contributed by atoms with Crippen LogP contribution in [0.3, 0.4) is 0 Å². The average Bonchev–Trinajstić information content (AvgIpc) is 3.19. The van der Waals surface area contributed by atoms with E-state index in [1.807, 2.05) is 6.92 Å². The van der Waals surface area contributed by atoms with Gasteiger partial charge in [-0.2, -0.15) is 4.31 Å². The minimum Gasteiger partial charge on any atom is -0.461 e. The van der Waals surface area contributed by atoms with Crippen molar-refractivity contribution in [2.45, 2.75) is 32.1 Å². The number of Topliss-reactive ketones (excluding diaryl/α,β-unsaturated/α-hetero) is 1. The van der Waals surface area contributed by atoms with Crippen molar-refractivity contribution in [2.24, 2.45) is 0 Å². The zero-order valence-corrected chi connectivity index (χ0v) is 20.5. The maximum absolute atomic E-state index is 13.8. The van der Waals surface area contributed by atoms with Crippen LogP contribution in [-0.4, -0.2) is 25.0 Å². The maximum atomic E-state index is 13.8. The first kappa shape index (κ1) is 24.8. The van der Waals surface area contributed by atoms with Crippen LogP contribution in [0.1, 0.15) is 45.9 Å². The fourth-order valence-corrected chi connectivity index (χ4v) is 5.39. The van der Waals surface area contributed by atoms with Gasteiger partial charge in [0.2, 0.25) is 0 Å². The molecule has 184 valence electrons. The lowest BCUT2D eigenvalue weighted by molar-refractivity contribution is -0.384. The number of carbonyl (C=O) groups is 2. The Morgan fingerprint density at radius 1 is 1.00 bits per heavy atom. The number of amides is 1. The van der Waals surface area contributed by atoms with Gasteiger partial charge in [-0.3, -0.25) is 19.7 Å². The largest absolute Gasteiger partial charge is 0.461 e. The number of nitrogens with zero attached hydrogens (tertiary/aromatic N) is 2. The van der Waals surface area contributed by atoms with E-state index in [-0.39, 0.29) is 27.6 Å². The highest BCUT2D eigenvalue weighted by Gasteiger charge is 2.33. The molecule has 4 aromatic rings. The van der Waals surface area contributed by atoms with E-state index >= 15 is 0 Å². The number of aryl methyl sites for hydroxylation is 2. The first-order valence-corrected chi connectivity index (χ1v) is 12.5. The number of nitro benzene ring substituents is 1. The number of nitro groups is 1. The number of benzene rings is 3. The third-order valence-corrected chi connectivity index (χ3v) is 7.54. The molecule has 1 amide bonds. The van der Waals surface area contributed by atoms with Crippen LogP contribution < -0.4 is 4.31 Å². The van der Waals surface area contributed by atoms with Crippen molar-refractivity contribution in [1.29, 1.82) is 0 Å². The third kappa shape index (κ3) is 4.38. The summed E-state index contributed by atoms with van der Waals surface area (Å²) in [5.41, 5.74) is 1.27. The molecule has 0 aliphatic heterocycles. The SMILES string of the molecule is CCc1ccc(S(=O)(=O)N(C(=O)c2ccc([N+](=O)[O-])cc2)c2ccc3oc(C)c(C(C)=O)c3c2)cc1. The second-order valence-electron chi connectivity index (χ2n) is 8.15. The van der Waals surface area contributed by atoms with Gasteiger partial charge in [-0.25, -0.2) is 8.42 Å². The predicted molar refractivity (Wildman–Crippen MR) is 134 cm³/mol. The van der Waals surface area contributed by atoms with Crippen LogP contribution in [0.4, 0.5) is 11.4 Å². The Hall–Kier alpha value is -4.31. The Bertz CT molecular complexity index is 1600. The van der Waals surface area contributed by atoms with E-state index in [2.05, 4.69) is 0 Å². The number of anilines is 1. The Morgan fingerprint density at radius 3 is 2.19 bits per heavy atom. The number of fused-ring (bicyclic) bond motifs is 1. The normalized spacial score (nSPS) is 11.4. The molecule has 0 atom stereocenters. The number of rotatable bonds is 7. The van der Waals surface area contributed by atoms with Crippen LogP contribution in [-0.2, 0) is 16.4 Å². The van der Waals surface area contributed by atoms with Crippen LogP contribution in [0, 0.1) is 17.0 Å².